The van der Waals surface area contributed by atoms with Crippen molar-refractivity contribution >= 4 is 21.8 Å². The van der Waals surface area contributed by atoms with Crippen LogP contribution in [0, 0.1) is 18.8 Å². The molecular formula is C24H35N3O5S. The van der Waals surface area contributed by atoms with E-state index in [1.165, 1.54) is 4.31 Å². The number of benzene rings is 1. The zero-order valence-electron chi connectivity index (χ0n) is 19.4. The molecule has 0 spiro atoms. The van der Waals surface area contributed by atoms with Gasteiger partial charge in [0.05, 0.1) is 11.0 Å². The van der Waals surface area contributed by atoms with E-state index in [9.17, 15) is 18.0 Å². The molecule has 1 aromatic rings. The number of nitrogens with zero attached hydrogens (tertiary/aromatic N) is 2. The van der Waals surface area contributed by atoms with Crippen molar-refractivity contribution in [3.05, 3.63) is 29.8 Å². The van der Waals surface area contributed by atoms with Gasteiger partial charge in [-0.1, -0.05) is 17.7 Å². The zero-order valence-corrected chi connectivity index (χ0v) is 20.2. The predicted molar refractivity (Wildman–Crippen MR) is 124 cm³/mol. The molecule has 3 heterocycles. The molecule has 1 N–H and O–H groups in total. The summed E-state index contributed by atoms with van der Waals surface area (Å²) in [6.45, 7) is 5.15. The third-order valence-electron chi connectivity index (χ3n) is 7.17. The monoisotopic (exact) mass is 477 g/mol. The molecule has 3 aliphatic rings. The first-order valence-corrected chi connectivity index (χ1v) is 13.5. The number of sulfonamides is 1. The fourth-order valence-corrected chi connectivity index (χ4v) is 6.46. The number of hydrogen-bond acceptors (Lipinski definition) is 5. The molecule has 8 nitrogen and oxygen atoms in total. The van der Waals surface area contributed by atoms with E-state index < -0.39 is 10.0 Å². The molecule has 3 aliphatic heterocycles. The topological polar surface area (TPSA) is 96.0 Å². The zero-order chi connectivity index (χ0) is 23.4. The summed E-state index contributed by atoms with van der Waals surface area (Å²) in [5.41, 5.74) is 1.02. The van der Waals surface area contributed by atoms with E-state index in [1.54, 1.807) is 24.3 Å². The largest absolute Gasteiger partial charge is 0.376 e. The van der Waals surface area contributed by atoms with Gasteiger partial charge in [0.15, 0.2) is 0 Å². The van der Waals surface area contributed by atoms with Gasteiger partial charge >= 0.3 is 0 Å². The number of likely N-dealkylation sites (tertiary alicyclic amines) is 1. The predicted octanol–water partition coefficient (Wildman–Crippen LogP) is 1.93. The molecular weight excluding hydrogens is 442 g/mol. The molecule has 2 amide bonds. The molecule has 0 aromatic heterocycles. The van der Waals surface area contributed by atoms with Crippen LogP contribution in [-0.2, 0) is 24.3 Å². The first-order valence-electron chi connectivity index (χ1n) is 12.1. The van der Waals surface area contributed by atoms with Crippen molar-refractivity contribution in [3.8, 4) is 0 Å². The smallest absolute Gasteiger partial charge is 0.243 e. The molecule has 0 saturated carbocycles. The van der Waals surface area contributed by atoms with Gasteiger partial charge in [-0.15, -0.1) is 0 Å². The highest BCUT2D eigenvalue weighted by Gasteiger charge is 2.35. The summed E-state index contributed by atoms with van der Waals surface area (Å²) in [5.74, 6) is -0.0517. The summed E-state index contributed by atoms with van der Waals surface area (Å²) in [6, 6.07) is 6.89. The average molecular weight is 478 g/mol. The molecule has 3 fully saturated rings. The Morgan fingerprint density at radius 1 is 0.970 bits per heavy atom. The first kappa shape index (κ1) is 24.2. The fraction of sp³-hybridized carbons (Fsp3) is 0.667. The molecule has 9 heteroatoms. The second-order valence-electron chi connectivity index (χ2n) is 9.47. The fourth-order valence-electron chi connectivity index (χ4n) is 4.99. The van der Waals surface area contributed by atoms with Crippen molar-refractivity contribution < 1.29 is 22.7 Å². The maximum atomic E-state index is 13.0. The molecule has 3 saturated heterocycles. The van der Waals surface area contributed by atoms with E-state index in [0.29, 0.717) is 63.3 Å². The van der Waals surface area contributed by atoms with Crippen molar-refractivity contribution in [1.82, 2.24) is 14.5 Å². The number of carbonyl (C=O) groups is 2. The van der Waals surface area contributed by atoms with Crippen LogP contribution in [-0.4, -0.2) is 74.9 Å². The Kier molecular flexibility index (Phi) is 7.71. The number of aryl methyl sites for hydroxylation is 1. The SMILES string of the molecule is Cc1ccc(S(=O)(=O)N2CCC(C(=O)N3CCC(C(=O)NC[C@H]4CCCO4)CC3)CC2)cc1. The summed E-state index contributed by atoms with van der Waals surface area (Å²) >= 11 is 0. The Labute approximate surface area is 196 Å². The summed E-state index contributed by atoms with van der Waals surface area (Å²) in [5, 5.41) is 3.01. The molecule has 1 atom stereocenters. The van der Waals surface area contributed by atoms with Crippen molar-refractivity contribution in [3.63, 3.8) is 0 Å². The molecule has 1 aromatic carbocycles. The molecule has 0 radical (unpaired) electrons. The molecule has 0 unspecified atom stereocenters. The van der Waals surface area contributed by atoms with Crippen LogP contribution in [0.15, 0.2) is 29.2 Å². The molecule has 33 heavy (non-hydrogen) atoms. The van der Waals surface area contributed by atoms with Crippen molar-refractivity contribution in [1.29, 1.82) is 0 Å². The van der Waals surface area contributed by atoms with Crippen LogP contribution in [0.1, 0.15) is 44.1 Å². The van der Waals surface area contributed by atoms with E-state index in [-0.39, 0.29) is 29.8 Å². The van der Waals surface area contributed by atoms with Crippen LogP contribution < -0.4 is 5.32 Å². The van der Waals surface area contributed by atoms with E-state index >= 15 is 0 Å². The number of carbonyl (C=O) groups excluding carboxylic acids is 2. The second-order valence-corrected chi connectivity index (χ2v) is 11.4. The van der Waals surface area contributed by atoms with Gasteiger partial charge in [-0.3, -0.25) is 9.59 Å². The summed E-state index contributed by atoms with van der Waals surface area (Å²) in [7, 11) is -3.53. The van der Waals surface area contributed by atoms with Gasteiger partial charge in [0.1, 0.15) is 0 Å². The molecule has 4 rings (SSSR count). The average Bonchev–Trinajstić information content (AvgIpc) is 3.36. The van der Waals surface area contributed by atoms with Gasteiger partial charge in [0.2, 0.25) is 21.8 Å². The highest BCUT2D eigenvalue weighted by atomic mass is 32.2. The van der Waals surface area contributed by atoms with Crippen molar-refractivity contribution in [2.24, 2.45) is 11.8 Å². The normalized spacial score (nSPS) is 23.5. The molecule has 182 valence electrons. The Morgan fingerprint density at radius 3 is 2.21 bits per heavy atom. The van der Waals surface area contributed by atoms with Crippen LogP contribution in [0.4, 0.5) is 0 Å². The number of hydrogen-bond donors (Lipinski definition) is 1. The first-order chi connectivity index (χ1) is 15.8. The Hall–Kier alpha value is -1.97. The number of piperidine rings is 2. The van der Waals surface area contributed by atoms with Crippen LogP contribution in [0.25, 0.3) is 0 Å². The Bertz CT molecular complexity index is 927. The minimum Gasteiger partial charge on any atom is -0.376 e. The third kappa shape index (κ3) is 5.75. The lowest BCUT2D eigenvalue weighted by Crippen LogP contribution is -2.48. The number of amides is 2. The van der Waals surface area contributed by atoms with Crippen LogP contribution >= 0.6 is 0 Å². The lowest BCUT2D eigenvalue weighted by atomic mass is 9.92. The maximum absolute atomic E-state index is 13.0. The van der Waals surface area contributed by atoms with Crippen LogP contribution in [0.5, 0.6) is 0 Å². The van der Waals surface area contributed by atoms with Gasteiger partial charge in [-0.2, -0.15) is 4.31 Å². The second kappa shape index (κ2) is 10.5. The van der Waals surface area contributed by atoms with Gasteiger partial charge < -0.3 is 15.0 Å². The van der Waals surface area contributed by atoms with Crippen LogP contribution in [0.2, 0.25) is 0 Å². The van der Waals surface area contributed by atoms with E-state index in [0.717, 1.165) is 25.0 Å². The van der Waals surface area contributed by atoms with E-state index in [1.807, 2.05) is 11.8 Å². The minimum atomic E-state index is -3.53. The van der Waals surface area contributed by atoms with Gasteiger partial charge in [0, 0.05) is 51.2 Å². The number of nitrogens with one attached hydrogen (secondary N) is 1. The summed E-state index contributed by atoms with van der Waals surface area (Å²) in [4.78, 5) is 27.7. The summed E-state index contributed by atoms with van der Waals surface area (Å²) in [6.07, 6.45) is 4.59. The Morgan fingerprint density at radius 2 is 1.61 bits per heavy atom. The highest BCUT2D eigenvalue weighted by molar-refractivity contribution is 7.89. The van der Waals surface area contributed by atoms with E-state index in [2.05, 4.69) is 5.32 Å². The van der Waals surface area contributed by atoms with Crippen molar-refractivity contribution in [2.45, 2.75) is 56.4 Å². The molecule has 0 bridgehead atoms. The third-order valence-corrected chi connectivity index (χ3v) is 9.08. The van der Waals surface area contributed by atoms with Crippen LogP contribution in [0.3, 0.4) is 0 Å². The van der Waals surface area contributed by atoms with E-state index in [4.69, 9.17) is 4.74 Å². The number of rotatable bonds is 6. The Balaban J connectivity index is 1.22. The molecule has 0 aliphatic carbocycles. The van der Waals surface area contributed by atoms with Gasteiger partial charge in [-0.25, -0.2) is 8.42 Å². The minimum absolute atomic E-state index is 0.0584. The maximum Gasteiger partial charge on any atom is 0.243 e. The standard InChI is InChI=1S/C24H35N3O5S/c1-18-4-6-22(7-5-18)33(30,31)27-14-10-20(11-15-27)24(29)26-12-8-19(9-13-26)23(28)25-17-21-3-2-16-32-21/h4-7,19-21H,2-3,8-17H2,1H3,(H,25,28)/t21-/m1/s1. The van der Waals surface area contributed by atoms with Gasteiger partial charge in [-0.05, 0) is 57.6 Å². The van der Waals surface area contributed by atoms with Crippen molar-refractivity contribution in [2.75, 3.05) is 39.3 Å². The number of ether oxygens (including phenoxy) is 1. The van der Waals surface area contributed by atoms with Gasteiger partial charge in [0.25, 0.3) is 0 Å². The quantitative estimate of drug-likeness (QED) is 0.676. The highest BCUT2D eigenvalue weighted by Crippen LogP contribution is 2.27. The lowest BCUT2D eigenvalue weighted by Gasteiger charge is -2.36. The lowest BCUT2D eigenvalue weighted by molar-refractivity contribution is -0.140. The summed E-state index contributed by atoms with van der Waals surface area (Å²) < 4.78 is 32.8.